The molecule has 2 atom stereocenters. The molecule has 0 bridgehead atoms. The molecule has 2 aromatic carbocycles. The molecule has 0 aromatic heterocycles. The minimum Gasteiger partial charge on any atom is -0.444 e. The van der Waals surface area contributed by atoms with E-state index in [0.29, 0.717) is 13.0 Å². The van der Waals surface area contributed by atoms with Crippen LogP contribution in [0.5, 0.6) is 0 Å². The Bertz CT molecular complexity index is 801. The summed E-state index contributed by atoms with van der Waals surface area (Å²) in [5, 5.41) is 14.2. The average Bonchev–Trinajstić information content (AvgIpc) is 2.67. The lowest BCUT2D eigenvalue weighted by Gasteiger charge is -2.34. The van der Waals surface area contributed by atoms with Gasteiger partial charge in [0.1, 0.15) is 5.60 Å². The van der Waals surface area contributed by atoms with Crippen molar-refractivity contribution in [3.05, 3.63) is 71.3 Å². The van der Waals surface area contributed by atoms with Gasteiger partial charge in [-0.2, -0.15) is 0 Å². The molecule has 2 aromatic rings. The Morgan fingerprint density at radius 3 is 2.48 bits per heavy atom. The molecule has 1 amide bonds. The highest BCUT2D eigenvalue weighted by atomic mass is 16.6. The largest absolute Gasteiger partial charge is 0.444 e. The van der Waals surface area contributed by atoms with Crippen LogP contribution in [0.1, 0.15) is 37.5 Å². The normalized spacial score (nSPS) is 17.3. The molecular weight excluding hydrogens is 364 g/mol. The second-order valence-corrected chi connectivity index (χ2v) is 8.78. The zero-order valence-corrected chi connectivity index (χ0v) is 17.6. The Balaban J connectivity index is 1.67. The molecule has 5 nitrogen and oxygen atoms in total. The molecule has 0 aliphatic carbocycles. The molecule has 29 heavy (non-hydrogen) atoms. The van der Waals surface area contributed by atoms with Crippen molar-refractivity contribution in [2.45, 2.75) is 57.9 Å². The molecule has 2 N–H and O–H groups in total. The van der Waals surface area contributed by atoms with Crippen LogP contribution >= 0.6 is 0 Å². The van der Waals surface area contributed by atoms with Crippen LogP contribution in [0.25, 0.3) is 0 Å². The standard InChI is InChI=1S/C24H32N2O3/c1-24(2,3)29-23(28)26(17-22(27)13-18-9-5-4-6-10-18)16-21-14-19-11-7-8-12-20(19)15-25-21/h4-12,21-22,25,27H,13-17H2,1-3H3/t21-,22+/m0/s1. The third-order valence-electron chi connectivity index (χ3n) is 5.00. The van der Waals surface area contributed by atoms with Crippen LogP contribution in [-0.4, -0.2) is 46.9 Å². The molecule has 0 spiro atoms. The first-order chi connectivity index (χ1) is 13.8. The summed E-state index contributed by atoms with van der Waals surface area (Å²) >= 11 is 0. The number of rotatable bonds is 6. The number of carbonyl (C=O) groups excluding carboxylic acids is 1. The summed E-state index contributed by atoms with van der Waals surface area (Å²) in [6.45, 7) is 7.10. The van der Waals surface area contributed by atoms with E-state index in [1.165, 1.54) is 11.1 Å². The predicted octanol–water partition coefficient (Wildman–Crippen LogP) is 3.54. The number of aliphatic hydroxyl groups excluding tert-OH is 1. The first-order valence-electron chi connectivity index (χ1n) is 10.3. The lowest BCUT2D eigenvalue weighted by Crippen LogP contribution is -2.50. The zero-order chi connectivity index (χ0) is 20.9. The number of benzene rings is 2. The summed E-state index contributed by atoms with van der Waals surface area (Å²) in [4.78, 5) is 14.5. The second-order valence-electron chi connectivity index (χ2n) is 8.78. The maximum atomic E-state index is 12.8. The molecular formula is C24H32N2O3. The van der Waals surface area contributed by atoms with Gasteiger partial charge in [-0.1, -0.05) is 54.6 Å². The van der Waals surface area contributed by atoms with E-state index in [0.717, 1.165) is 18.5 Å². The third kappa shape index (κ3) is 6.58. The Labute approximate surface area is 173 Å². The molecule has 5 heteroatoms. The minimum atomic E-state index is -0.652. The zero-order valence-electron chi connectivity index (χ0n) is 17.6. The van der Waals surface area contributed by atoms with Gasteiger partial charge in [0.05, 0.1) is 12.6 Å². The number of nitrogens with zero attached hydrogens (tertiary/aromatic N) is 1. The van der Waals surface area contributed by atoms with E-state index in [-0.39, 0.29) is 18.7 Å². The van der Waals surface area contributed by atoms with Crippen molar-refractivity contribution < 1.29 is 14.6 Å². The number of fused-ring (bicyclic) bond motifs is 1. The molecule has 1 aliphatic heterocycles. The number of hydrogen-bond acceptors (Lipinski definition) is 4. The van der Waals surface area contributed by atoms with Crippen LogP contribution in [-0.2, 0) is 24.1 Å². The molecule has 0 radical (unpaired) electrons. The van der Waals surface area contributed by atoms with E-state index in [1.807, 2.05) is 57.2 Å². The SMILES string of the molecule is CC(C)(C)OC(=O)N(C[C@H](O)Cc1ccccc1)C[C@@H]1Cc2ccccc2CN1. The summed E-state index contributed by atoms with van der Waals surface area (Å²) in [5.41, 5.74) is 3.09. The lowest BCUT2D eigenvalue weighted by molar-refractivity contribution is 0.0123. The fraction of sp³-hybridized carbons (Fsp3) is 0.458. The summed E-state index contributed by atoms with van der Waals surface area (Å²) in [6.07, 6.45) is 0.316. The highest BCUT2D eigenvalue weighted by molar-refractivity contribution is 5.68. The first-order valence-corrected chi connectivity index (χ1v) is 10.3. The van der Waals surface area contributed by atoms with E-state index in [2.05, 4.69) is 23.5 Å². The molecule has 0 fully saturated rings. The Hall–Kier alpha value is -2.37. The van der Waals surface area contributed by atoms with Gasteiger partial charge >= 0.3 is 6.09 Å². The van der Waals surface area contributed by atoms with E-state index in [4.69, 9.17) is 4.74 Å². The number of nitrogens with one attached hydrogen (secondary N) is 1. The molecule has 0 unspecified atom stereocenters. The maximum Gasteiger partial charge on any atom is 0.410 e. The molecule has 0 saturated heterocycles. The summed E-state index contributed by atoms with van der Waals surface area (Å²) in [7, 11) is 0. The third-order valence-corrected chi connectivity index (χ3v) is 5.00. The van der Waals surface area contributed by atoms with Crippen LogP contribution in [0.4, 0.5) is 4.79 Å². The molecule has 1 heterocycles. The maximum absolute atomic E-state index is 12.8. The molecule has 3 rings (SSSR count). The minimum absolute atomic E-state index is 0.126. The van der Waals surface area contributed by atoms with Gasteiger partial charge < -0.3 is 20.1 Å². The number of carbonyl (C=O) groups is 1. The van der Waals surface area contributed by atoms with Crippen LogP contribution in [0.3, 0.4) is 0 Å². The molecule has 0 saturated carbocycles. The van der Waals surface area contributed by atoms with E-state index >= 15 is 0 Å². The second kappa shape index (κ2) is 9.42. The average molecular weight is 397 g/mol. The van der Waals surface area contributed by atoms with Crippen molar-refractivity contribution in [1.82, 2.24) is 10.2 Å². The van der Waals surface area contributed by atoms with Crippen molar-refractivity contribution in [1.29, 1.82) is 0 Å². The fourth-order valence-corrected chi connectivity index (χ4v) is 3.67. The Morgan fingerprint density at radius 2 is 1.79 bits per heavy atom. The van der Waals surface area contributed by atoms with Crippen molar-refractivity contribution in [2.75, 3.05) is 13.1 Å². The predicted molar refractivity (Wildman–Crippen MR) is 115 cm³/mol. The van der Waals surface area contributed by atoms with Crippen LogP contribution in [0.2, 0.25) is 0 Å². The molecule has 1 aliphatic rings. The van der Waals surface area contributed by atoms with Gasteiger partial charge in [0.2, 0.25) is 0 Å². The lowest BCUT2D eigenvalue weighted by atomic mass is 9.95. The van der Waals surface area contributed by atoms with Gasteiger partial charge in [-0.3, -0.25) is 0 Å². The summed E-state index contributed by atoms with van der Waals surface area (Å²) < 4.78 is 5.61. The van der Waals surface area contributed by atoms with Crippen LogP contribution < -0.4 is 5.32 Å². The van der Waals surface area contributed by atoms with E-state index < -0.39 is 11.7 Å². The first kappa shape index (κ1) is 21.3. The topological polar surface area (TPSA) is 61.8 Å². The van der Waals surface area contributed by atoms with Gasteiger partial charge in [0, 0.05) is 25.6 Å². The van der Waals surface area contributed by atoms with Gasteiger partial charge in [-0.15, -0.1) is 0 Å². The Morgan fingerprint density at radius 1 is 1.14 bits per heavy atom. The van der Waals surface area contributed by atoms with Crippen LogP contribution in [0, 0.1) is 0 Å². The smallest absolute Gasteiger partial charge is 0.410 e. The number of hydrogen-bond donors (Lipinski definition) is 2. The van der Waals surface area contributed by atoms with Crippen molar-refractivity contribution in [3.8, 4) is 0 Å². The quantitative estimate of drug-likeness (QED) is 0.784. The monoisotopic (exact) mass is 396 g/mol. The van der Waals surface area contributed by atoms with Gasteiger partial charge in [0.25, 0.3) is 0 Å². The van der Waals surface area contributed by atoms with Gasteiger partial charge in [-0.25, -0.2) is 4.79 Å². The Kier molecular flexibility index (Phi) is 6.93. The van der Waals surface area contributed by atoms with Crippen molar-refractivity contribution in [2.24, 2.45) is 0 Å². The highest BCUT2D eigenvalue weighted by Gasteiger charge is 2.28. The van der Waals surface area contributed by atoms with Crippen LogP contribution in [0.15, 0.2) is 54.6 Å². The fourth-order valence-electron chi connectivity index (χ4n) is 3.67. The van der Waals surface area contributed by atoms with Gasteiger partial charge in [0.15, 0.2) is 0 Å². The van der Waals surface area contributed by atoms with Gasteiger partial charge in [-0.05, 0) is 43.9 Å². The summed E-state index contributed by atoms with van der Waals surface area (Å²) in [6, 6.07) is 18.3. The van der Waals surface area contributed by atoms with E-state index in [1.54, 1.807) is 4.90 Å². The van der Waals surface area contributed by atoms with Crippen molar-refractivity contribution >= 4 is 6.09 Å². The number of aliphatic hydroxyl groups is 1. The van der Waals surface area contributed by atoms with E-state index in [9.17, 15) is 9.90 Å². The number of ether oxygens (including phenoxy) is 1. The number of amides is 1. The molecule has 156 valence electrons. The van der Waals surface area contributed by atoms with Crippen molar-refractivity contribution in [3.63, 3.8) is 0 Å². The summed E-state index contributed by atoms with van der Waals surface area (Å²) in [5.74, 6) is 0. The highest BCUT2D eigenvalue weighted by Crippen LogP contribution is 2.18.